The molecule has 0 aliphatic rings. The molecule has 2 aromatic rings. The Balaban J connectivity index is 2.51. The van der Waals surface area contributed by atoms with E-state index in [1.807, 2.05) is 36.0 Å². The molecule has 0 fully saturated rings. The molecule has 90 valence electrons. The highest BCUT2D eigenvalue weighted by atomic mass is 79.9. The number of hydrogen-bond donors (Lipinski definition) is 1. The summed E-state index contributed by atoms with van der Waals surface area (Å²) in [5, 5.41) is 10.1. The molecule has 1 N–H and O–H groups in total. The van der Waals surface area contributed by atoms with Crippen LogP contribution in [-0.2, 0) is 18.3 Å². The average molecular weight is 296 g/mol. The molecule has 0 bridgehead atoms. The first-order valence-electron chi connectivity index (χ1n) is 5.46. The van der Waals surface area contributed by atoms with Crippen molar-refractivity contribution in [3.63, 3.8) is 0 Å². The second-order valence-electron chi connectivity index (χ2n) is 4.34. The van der Waals surface area contributed by atoms with Crippen LogP contribution in [0.1, 0.15) is 12.5 Å². The minimum Gasteiger partial charge on any atom is -0.481 e. The molecule has 0 amide bonds. The zero-order valence-corrected chi connectivity index (χ0v) is 11.4. The van der Waals surface area contributed by atoms with Gasteiger partial charge in [0.15, 0.2) is 0 Å². The van der Waals surface area contributed by atoms with Gasteiger partial charge in [0.2, 0.25) is 0 Å². The van der Waals surface area contributed by atoms with Crippen molar-refractivity contribution in [3.05, 3.63) is 34.4 Å². The Labute approximate surface area is 108 Å². The normalized spacial score (nSPS) is 12.9. The van der Waals surface area contributed by atoms with E-state index in [4.69, 9.17) is 5.11 Å². The lowest BCUT2D eigenvalue weighted by Gasteiger charge is -2.08. The molecular weight excluding hydrogens is 282 g/mol. The Morgan fingerprint density at radius 1 is 1.53 bits per heavy atom. The summed E-state index contributed by atoms with van der Waals surface area (Å²) in [5.41, 5.74) is 2.19. The van der Waals surface area contributed by atoms with E-state index in [-0.39, 0.29) is 5.92 Å². The Hall–Kier alpha value is -1.29. The molecule has 0 aliphatic heterocycles. The van der Waals surface area contributed by atoms with Crippen molar-refractivity contribution >= 4 is 32.8 Å². The average Bonchev–Trinajstić information content (AvgIpc) is 2.55. The Kier molecular flexibility index (Phi) is 3.24. The number of aliphatic carboxylic acids is 1. The first-order chi connectivity index (χ1) is 8.00. The van der Waals surface area contributed by atoms with Crippen LogP contribution in [0, 0.1) is 5.92 Å². The van der Waals surface area contributed by atoms with Crippen molar-refractivity contribution in [1.82, 2.24) is 4.57 Å². The molecule has 17 heavy (non-hydrogen) atoms. The minimum atomic E-state index is -0.756. The number of carboxylic acids is 1. The number of carbonyl (C=O) groups is 1. The van der Waals surface area contributed by atoms with Gasteiger partial charge in [-0.3, -0.25) is 4.79 Å². The quantitative estimate of drug-likeness (QED) is 0.945. The van der Waals surface area contributed by atoms with Gasteiger partial charge in [0.05, 0.1) is 5.92 Å². The van der Waals surface area contributed by atoms with Crippen LogP contribution in [0.15, 0.2) is 28.9 Å². The molecule has 1 aromatic heterocycles. The second-order valence-corrected chi connectivity index (χ2v) is 5.20. The number of benzene rings is 1. The lowest BCUT2D eigenvalue weighted by molar-refractivity contribution is -0.141. The fourth-order valence-corrected chi connectivity index (χ4v) is 2.81. The number of rotatable bonds is 3. The molecule has 0 radical (unpaired) electrons. The third kappa shape index (κ3) is 2.22. The Morgan fingerprint density at radius 2 is 2.24 bits per heavy atom. The van der Waals surface area contributed by atoms with Crippen LogP contribution < -0.4 is 0 Å². The van der Waals surface area contributed by atoms with Crippen molar-refractivity contribution in [1.29, 1.82) is 0 Å². The van der Waals surface area contributed by atoms with Crippen LogP contribution in [0.25, 0.3) is 10.9 Å². The number of carboxylic acid groups (broad SMARTS) is 1. The van der Waals surface area contributed by atoms with Gasteiger partial charge in [-0.15, -0.1) is 0 Å². The molecule has 1 heterocycles. The highest BCUT2D eigenvalue weighted by Crippen LogP contribution is 2.30. The topological polar surface area (TPSA) is 42.2 Å². The molecule has 2 rings (SSSR count). The Bertz CT molecular complexity index is 574. The lowest BCUT2D eigenvalue weighted by Crippen LogP contribution is -2.12. The highest BCUT2D eigenvalue weighted by Gasteiger charge is 2.15. The number of aryl methyl sites for hydroxylation is 1. The molecule has 1 unspecified atom stereocenters. The first-order valence-corrected chi connectivity index (χ1v) is 6.25. The van der Waals surface area contributed by atoms with Gasteiger partial charge in [-0.25, -0.2) is 0 Å². The van der Waals surface area contributed by atoms with E-state index in [2.05, 4.69) is 15.9 Å². The summed E-state index contributed by atoms with van der Waals surface area (Å²) in [6, 6.07) is 6.00. The van der Waals surface area contributed by atoms with Gasteiger partial charge in [-0.2, -0.15) is 0 Å². The molecule has 4 heteroatoms. The van der Waals surface area contributed by atoms with E-state index < -0.39 is 5.97 Å². The van der Waals surface area contributed by atoms with Gasteiger partial charge in [0, 0.05) is 28.6 Å². The van der Waals surface area contributed by atoms with Gasteiger partial charge in [-0.1, -0.05) is 19.1 Å². The van der Waals surface area contributed by atoms with E-state index in [9.17, 15) is 4.79 Å². The molecule has 0 saturated carbocycles. The van der Waals surface area contributed by atoms with E-state index in [0.29, 0.717) is 6.42 Å². The number of nitrogens with zero attached hydrogens (tertiary/aromatic N) is 1. The maximum absolute atomic E-state index is 10.9. The number of fused-ring (bicyclic) bond motifs is 1. The second kappa shape index (κ2) is 4.53. The summed E-state index contributed by atoms with van der Waals surface area (Å²) in [6.45, 7) is 1.73. The number of halogens is 1. The summed E-state index contributed by atoms with van der Waals surface area (Å²) < 4.78 is 3.05. The van der Waals surface area contributed by atoms with Gasteiger partial charge < -0.3 is 9.67 Å². The molecule has 0 aliphatic carbocycles. The minimum absolute atomic E-state index is 0.368. The van der Waals surface area contributed by atoms with Crippen LogP contribution >= 0.6 is 15.9 Å². The molecule has 1 aromatic carbocycles. The van der Waals surface area contributed by atoms with E-state index in [1.54, 1.807) is 6.92 Å². The molecule has 3 nitrogen and oxygen atoms in total. The molecule has 0 saturated heterocycles. The van der Waals surface area contributed by atoms with E-state index >= 15 is 0 Å². The maximum atomic E-state index is 10.9. The zero-order valence-electron chi connectivity index (χ0n) is 9.77. The van der Waals surface area contributed by atoms with Gasteiger partial charge in [0.25, 0.3) is 0 Å². The van der Waals surface area contributed by atoms with Crippen LogP contribution in [0.3, 0.4) is 0 Å². The van der Waals surface area contributed by atoms with Crippen LogP contribution in [-0.4, -0.2) is 15.6 Å². The number of aromatic nitrogens is 1. The Morgan fingerprint density at radius 3 is 2.88 bits per heavy atom. The van der Waals surface area contributed by atoms with Crippen molar-refractivity contribution in [3.8, 4) is 0 Å². The van der Waals surface area contributed by atoms with Gasteiger partial charge in [-0.05, 0) is 34.0 Å². The van der Waals surface area contributed by atoms with Crippen molar-refractivity contribution in [2.75, 3.05) is 0 Å². The summed E-state index contributed by atoms with van der Waals surface area (Å²) in [7, 11) is 1.98. The van der Waals surface area contributed by atoms with E-state index in [1.165, 1.54) is 0 Å². The summed E-state index contributed by atoms with van der Waals surface area (Å²) in [5.74, 6) is -1.12. The van der Waals surface area contributed by atoms with Crippen LogP contribution in [0.5, 0.6) is 0 Å². The standard InChI is InChI=1S/C13H14BrNO2/c1-8(13(16)17)6-9-4-3-5-11-12(9)10(14)7-15(11)2/h3-5,7-8H,6H2,1-2H3,(H,16,17). The maximum Gasteiger partial charge on any atom is 0.306 e. The van der Waals surface area contributed by atoms with Crippen LogP contribution in [0.4, 0.5) is 0 Å². The molecular formula is C13H14BrNO2. The van der Waals surface area contributed by atoms with Gasteiger partial charge >= 0.3 is 5.97 Å². The predicted molar refractivity (Wildman–Crippen MR) is 71.1 cm³/mol. The van der Waals surface area contributed by atoms with Crippen molar-refractivity contribution < 1.29 is 9.90 Å². The monoisotopic (exact) mass is 295 g/mol. The third-order valence-electron chi connectivity index (χ3n) is 3.00. The first kappa shape index (κ1) is 12.2. The molecule has 1 atom stereocenters. The SMILES string of the molecule is CC(Cc1cccc2c1c(Br)cn2C)C(=O)O. The van der Waals surface area contributed by atoms with Gasteiger partial charge in [0.1, 0.15) is 0 Å². The fourth-order valence-electron chi connectivity index (χ4n) is 2.05. The largest absolute Gasteiger partial charge is 0.481 e. The van der Waals surface area contributed by atoms with Crippen molar-refractivity contribution in [2.24, 2.45) is 13.0 Å². The third-order valence-corrected chi connectivity index (χ3v) is 3.60. The summed E-state index contributed by atoms with van der Waals surface area (Å²) in [4.78, 5) is 10.9. The lowest BCUT2D eigenvalue weighted by atomic mass is 9.98. The molecule has 0 spiro atoms. The smallest absolute Gasteiger partial charge is 0.306 e. The highest BCUT2D eigenvalue weighted by molar-refractivity contribution is 9.10. The zero-order chi connectivity index (χ0) is 12.6. The van der Waals surface area contributed by atoms with E-state index in [0.717, 1.165) is 20.9 Å². The summed E-state index contributed by atoms with van der Waals surface area (Å²) >= 11 is 3.53. The van der Waals surface area contributed by atoms with Crippen LogP contribution in [0.2, 0.25) is 0 Å². The fraction of sp³-hybridized carbons (Fsp3) is 0.308. The van der Waals surface area contributed by atoms with Crippen molar-refractivity contribution in [2.45, 2.75) is 13.3 Å². The number of hydrogen-bond acceptors (Lipinski definition) is 1. The summed E-state index contributed by atoms with van der Waals surface area (Å²) in [6.07, 6.45) is 2.55. The predicted octanol–water partition coefficient (Wildman–Crippen LogP) is 3.20.